The largest absolute Gasteiger partial charge is 0.480 e. The van der Waals surface area contributed by atoms with Crippen LogP contribution in [0.4, 0.5) is 4.79 Å². The first-order chi connectivity index (χ1) is 7.95. The number of nitrogens with one attached hydrogen (secondary N) is 1. The molecule has 0 aliphatic rings. The third kappa shape index (κ3) is 3.89. The molecule has 106 valence electrons. The number of urea groups is 1. The maximum absolute atomic E-state index is 12.1. The summed E-state index contributed by atoms with van der Waals surface area (Å²) < 4.78 is 0. The number of aliphatic carboxylic acids is 1. The van der Waals surface area contributed by atoms with Crippen molar-refractivity contribution in [3.8, 4) is 0 Å². The van der Waals surface area contributed by atoms with Crippen LogP contribution in [0.2, 0.25) is 0 Å². The molecule has 0 spiro atoms. The number of hydrogen-bond acceptors (Lipinski definition) is 2. The van der Waals surface area contributed by atoms with Crippen molar-refractivity contribution in [2.24, 2.45) is 5.41 Å². The molecule has 0 rings (SSSR count). The predicted octanol–water partition coefficient (Wildman–Crippen LogP) is 2.32. The quantitative estimate of drug-likeness (QED) is 0.813. The number of carbonyl (C=O) groups excluding carboxylic acids is 1. The van der Waals surface area contributed by atoms with Gasteiger partial charge in [0.2, 0.25) is 0 Å². The number of amides is 2. The normalized spacial score (nSPS) is 16.6. The lowest BCUT2D eigenvalue weighted by atomic mass is 9.87. The number of rotatable bonds is 4. The zero-order valence-electron chi connectivity index (χ0n) is 12.5. The van der Waals surface area contributed by atoms with Gasteiger partial charge in [0.1, 0.15) is 5.54 Å². The van der Waals surface area contributed by atoms with Crippen molar-refractivity contribution in [2.75, 3.05) is 7.05 Å². The fourth-order valence-corrected chi connectivity index (χ4v) is 1.37. The van der Waals surface area contributed by atoms with E-state index in [2.05, 4.69) is 5.32 Å². The number of nitrogens with zero attached hydrogens (tertiary/aromatic N) is 1. The molecule has 0 heterocycles. The van der Waals surface area contributed by atoms with E-state index in [1.54, 1.807) is 18.9 Å². The molecular formula is C13H26N2O3. The van der Waals surface area contributed by atoms with Crippen molar-refractivity contribution in [2.45, 2.75) is 59.5 Å². The third-order valence-electron chi connectivity index (χ3n) is 3.72. The molecule has 0 bridgehead atoms. The summed E-state index contributed by atoms with van der Waals surface area (Å²) in [6, 6.07) is -0.350. The van der Waals surface area contributed by atoms with Crippen LogP contribution in [0.5, 0.6) is 0 Å². The van der Waals surface area contributed by atoms with Crippen LogP contribution in [0, 0.1) is 5.41 Å². The lowest BCUT2D eigenvalue weighted by molar-refractivity contribution is -0.143. The SMILES string of the molecule is CCC(C)(NC(=O)N(C)C(C)C(C)(C)C)C(=O)O. The van der Waals surface area contributed by atoms with E-state index in [9.17, 15) is 9.59 Å². The van der Waals surface area contributed by atoms with Crippen LogP contribution in [0.1, 0.15) is 48.0 Å². The number of carbonyl (C=O) groups is 2. The van der Waals surface area contributed by atoms with Gasteiger partial charge in [0.05, 0.1) is 0 Å². The summed E-state index contributed by atoms with van der Waals surface area (Å²) in [6.45, 7) is 11.3. The minimum Gasteiger partial charge on any atom is -0.480 e. The molecule has 0 aliphatic carbocycles. The molecule has 2 amide bonds. The Bertz CT molecular complexity index is 323. The first-order valence-electron chi connectivity index (χ1n) is 6.24. The van der Waals surface area contributed by atoms with Gasteiger partial charge in [-0.25, -0.2) is 9.59 Å². The smallest absolute Gasteiger partial charge is 0.329 e. The molecule has 0 radical (unpaired) electrons. The van der Waals surface area contributed by atoms with Gasteiger partial charge in [0, 0.05) is 13.1 Å². The fraction of sp³-hybridized carbons (Fsp3) is 0.846. The summed E-state index contributed by atoms with van der Waals surface area (Å²) in [4.78, 5) is 24.8. The minimum atomic E-state index is -1.22. The van der Waals surface area contributed by atoms with Gasteiger partial charge in [-0.15, -0.1) is 0 Å². The summed E-state index contributed by atoms with van der Waals surface area (Å²) in [5.41, 5.74) is -1.28. The van der Waals surface area contributed by atoms with Crippen molar-refractivity contribution in [3.63, 3.8) is 0 Å². The lowest BCUT2D eigenvalue weighted by Gasteiger charge is -2.37. The summed E-state index contributed by atoms with van der Waals surface area (Å²) in [7, 11) is 1.68. The Labute approximate surface area is 110 Å². The van der Waals surface area contributed by atoms with E-state index in [0.29, 0.717) is 6.42 Å². The average Bonchev–Trinajstić information content (AvgIpc) is 2.25. The van der Waals surface area contributed by atoms with Gasteiger partial charge >= 0.3 is 12.0 Å². The Kier molecular flexibility index (Phi) is 5.20. The maximum atomic E-state index is 12.1. The molecule has 0 aromatic rings. The molecule has 5 heteroatoms. The Morgan fingerprint density at radius 1 is 1.28 bits per heavy atom. The van der Waals surface area contributed by atoms with E-state index in [1.807, 2.05) is 27.7 Å². The van der Waals surface area contributed by atoms with Gasteiger partial charge in [0.25, 0.3) is 0 Å². The van der Waals surface area contributed by atoms with Crippen LogP contribution in [0.3, 0.4) is 0 Å². The van der Waals surface area contributed by atoms with Gasteiger partial charge in [-0.2, -0.15) is 0 Å². The van der Waals surface area contributed by atoms with Crippen molar-refractivity contribution < 1.29 is 14.7 Å². The molecule has 2 N–H and O–H groups in total. The van der Waals surface area contributed by atoms with E-state index in [0.717, 1.165) is 0 Å². The highest BCUT2D eigenvalue weighted by Crippen LogP contribution is 2.23. The zero-order valence-corrected chi connectivity index (χ0v) is 12.5. The summed E-state index contributed by atoms with van der Waals surface area (Å²) >= 11 is 0. The summed E-state index contributed by atoms with van der Waals surface area (Å²) in [6.07, 6.45) is 0.339. The molecule has 0 saturated carbocycles. The summed E-state index contributed by atoms with van der Waals surface area (Å²) in [5.74, 6) is -1.02. The van der Waals surface area contributed by atoms with E-state index >= 15 is 0 Å². The van der Waals surface area contributed by atoms with Gasteiger partial charge in [-0.05, 0) is 25.7 Å². The molecule has 0 saturated heterocycles. The molecule has 2 atom stereocenters. The predicted molar refractivity (Wildman–Crippen MR) is 71.5 cm³/mol. The van der Waals surface area contributed by atoms with E-state index in [1.165, 1.54) is 6.92 Å². The van der Waals surface area contributed by atoms with Crippen molar-refractivity contribution in [1.29, 1.82) is 0 Å². The standard InChI is InChI=1S/C13H26N2O3/c1-8-13(6,10(16)17)14-11(18)15(7)9(2)12(3,4)5/h9H,8H2,1-7H3,(H,14,18)(H,16,17). The molecule has 0 aromatic carbocycles. The van der Waals surface area contributed by atoms with Crippen molar-refractivity contribution >= 4 is 12.0 Å². The van der Waals surface area contributed by atoms with E-state index < -0.39 is 11.5 Å². The van der Waals surface area contributed by atoms with Gasteiger partial charge in [-0.1, -0.05) is 27.7 Å². The zero-order chi connectivity index (χ0) is 14.7. The van der Waals surface area contributed by atoms with Crippen LogP contribution in [0.25, 0.3) is 0 Å². The van der Waals surface area contributed by atoms with Crippen LogP contribution in [-0.2, 0) is 4.79 Å². The average molecular weight is 258 g/mol. The molecule has 0 aromatic heterocycles. The monoisotopic (exact) mass is 258 g/mol. The second-order valence-corrected chi connectivity index (χ2v) is 6.07. The molecule has 18 heavy (non-hydrogen) atoms. The second-order valence-electron chi connectivity index (χ2n) is 6.07. The molecule has 5 nitrogen and oxygen atoms in total. The fourth-order valence-electron chi connectivity index (χ4n) is 1.37. The number of carboxylic acids is 1. The van der Waals surface area contributed by atoms with Crippen LogP contribution < -0.4 is 5.32 Å². The third-order valence-corrected chi connectivity index (χ3v) is 3.72. The molecule has 2 unspecified atom stereocenters. The second kappa shape index (κ2) is 5.59. The lowest BCUT2D eigenvalue weighted by Crippen LogP contribution is -2.57. The van der Waals surface area contributed by atoms with Crippen molar-refractivity contribution in [3.05, 3.63) is 0 Å². The van der Waals surface area contributed by atoms with Crippen LogP contribution in [0.15, 0.2) is 0 Å². The number of carboxylic acid groups (broad SMARTS) is 1. The van der Waals surface area contributed by atoms with Gasteiger partial charge in [0.15, 0.2) is 0 Å². The van der Waals surface area contributed by atoms with Crippen molar-refractivity contribution in [1.82, 2.24) is 10.2 Å². The van der Waals surface area contributed by atoms with Gasteiger partial charge in [-0.3, -0.25) is 0 Å². The topological polar surface area (TPSA) is 69.6 Å². The summed E-state index contributed by atoms with van der Waals surface area (Å²) in [5, 5.41) is 11.7. The van der Waals surface area contributed by atoms with Crippen LogP contribution in [-0.4, -0.2) is 40.6 Å². The Morgan fingerprint density at radius 2 is 1.72 bits per heavy atom. The van der Waals surface area contributed by atoms with Gasteiger partial charge < -0.3 is 15.3 Å². The Morgan fingerprint density at radius 3 is 2.00 bits per heavy atom. The van der Waals surface area contributed by atoms with Crippen LogP contribution >= 0.6 is 0 Å². The molecule has 0 fully saturated rings. The molecule has 0 aliphatic heterocycles. The maximum Gasteiger partial charge on any atom is 0.329 e. The first kappa shape index (κ1) is 16.7. The Balaban J connectivity index is 4.83. The Hall–Kier alpha value is -1.26. The highest BCUT2D eigenvalue weighted by atomic mass is 16.4. The molecular weight excluding hydrogens is 232 g/mol. The van der Waals surface area contributed by atoms with E-state index in [4.69, 9.17) is 5.11 Å². The van der Waals surface area contributed by atoms with E-state index in [-0.39, 0.29) is 17.5 Å². The first-order valence-corrected chi connectivity index (χ1v) is 6.24. The minimum absolute atomic E-state index is 0.00685. The number of hydrogen-bond donors (Lipinski definition) is 2. The highest BCUT2D eigenvalue weighted by molar-refractivity contribution is 5.85. The highest BCUT2D eigenvalue weighted by Gasteiger charge is 2.35.